The van der Waals surface area contributed by atoms with Crippen LogP contribution >= 0.6 is 11.3 Å². The van der Waals surface area contributed by atoms with Gasteiger partial charge in [0.05, 0.1) is 24.1 Å². The highest BCUT2D eigenvalue weighted by molar-refractivity contribution is 7.12. The first-order valence-corrected chi connectivity index (χ1v) is 21.9. The topological polar surface area (TPSA) is 57.8 Å². The minimum Gasteiger partial charge on any atom is -0.444 e. The molecule has 0 spiro atoms. The number of nitrogens with one attached hydrogen (secondary N) is 1. The summed E-state index contributed by atoms with van der Waals surface area (Å²) in [5.74, 6) is -3.51. The van der Waals surface area contributed by atoms with Crippen LogP contribution < -0.4 is 10.4 Å². The van der Waals surface area contributed by atoms with Crippen LogP contribution in [-0.4, -0.2) is 73.0 Å². The molecule has 3 aromatic carbocycles. The summed E-state index contributed by atoms with van der Waals surface area (Å²) in [6.45, 7) is 13.4. The molecule has 0 aliphatic carbocycles. The summed E-state index contributed by atoms with van der Waals surface area (Å²) in [4.78, 5) is 20.8. The highest BCUT2D eigenvalue weighted by Crippen LogP contribution is 2.46. The van der Waals surface area contributed by atoms with Gasteiger partial charge in [-0.1, -0.05) is 99.6 Å². The number of ether oxygens (including phenoxy) is 1. The fraction of sp³-hybridized carbons (Fsp3) is 0.432. The van der Waals surface area contributed by atoms with E-state index < -0.39 is 49.9 Å². The third kappa shape index (κ3) is 7.90. The summed E-state index contributed by atoms with van der Waals surface area (Å²) >= 11 is 1.34. The van der Waals surface area contributed by atoms with E-state index in [0.717, 1.165) is 37.4 Å². The molecule has 2 aromatic heterocycles. The van der Waals surface area contributed by atoms with Gasteiger partial charge in [-0.15, -0.1) is 11.3 Å². The maximum atomic E-state index is 16.8. The van der Waals surface area contributed by atoms with Crippen molar-refractivity contribution in [2.24, 2.45) is 5.92 Å². The highest BCUT2D eigenvalue weighted by Gasteiger charge is 2.53. The number of rotatable bonds is 10. The van der Waals surface area contributed by atoms with E-state index in [1.165, 1.54) is 11.3 Å². The Bertz CT molecular complexity index is 2080. The summed E-state index contributed by atoms with van der Waals surface area (Å²) in [7, 11) is -3.24. The second kappa shape index (κ2) is 14.9. The Hall–Kier alpha value is -3.90. The van der Waals surface area contributed by atoms with Crippen LogP contribution in [0, 0.1) is 11.7 Å². The quantitative estimate of drug-likeness (QED) is 0.144. The first-order chi connectivity index (χ1) is 26.0. The molecule has 6 nitrogen and oxygen atoms in total. The molecule has 2 atom stereocenters. The highest BCUT2D eigenvalue weighted by atomic mass is 32.1. The minimum atomic E-state index is -3.27. The molecule has 11 heteroatoms. The standard InChI is InChI=1S/C44H52F3N3O3SSi/c1-29-22-35-34-20-14-15-21-37(34)48-38(35)39(40-36(45)24-31(54-40)23-30-25-49(26-30)41(51)53-42(2,3)4)50(29)27-44(46,47)28-52-55(43(5,6)7,32-16-10-8-11-17-32)33-18-12-9-13-19-33/h8-21,24,29-30,39,48H,22-23,25-28H2,1-7H3/t29-,39+/m1/s1. The van der Waals surface area contributed by atoms with E-state index in [-0.39, 0.29) is 18.1 Å². The monoisotopic (exact) mass is 787 g/mol. The number of para-hydroxylation sites is 1. The molecular weight excluding hydrogens is 736 g/mol. The molecule has 0 saturated carbocycles. The van der Waals surface area contributed by atoms with Gasteiger partial charge in [0.25, 0.3) is 14.2 Å². The zero-order valence-electron chi connectivity index (χ0n) is 32.8. The van der Waals surface area contributed by atoms with Crippen molar-refractivity contribution in [3.8, 4) is 0 Å². The second-order valence-corrected chi connectivity index (χ2v) is 22.9. The number of halogens is 3. The number of aromatic nitrogens is 1. The Balaban J connectivity index is 1.19. The van der Waals surface area contributed by atoms with E-state index >= 15 is 13.2 Å². The lowest BCUT2D eigenvalue weighted by molar-refractivity contribution is -0.0820. The number of hydrogen-bond acceptors (Lipinski definition) is 5. The molecule has 1 saturated heterocycles. The van der Waals surface area contributed by atoms with Crippen molar-refractivity contribution in [1.82, 2.24) is 14.8 Å². The first-order valence-electron chi connectivity index (χ1n) is 19.2. The van der Waals surface area contributed by atoms with Gasteiger partial charge in [-0.2, -0.15) is 0 Å². The lowest BCUT2D eigenvalue weighted by Crippen LogP contribution is -2.67. The summed E-state index contributed by atoms with van der Waals surface area (Å²) in [5.41, 5.74) is 2.12. The van der Waals surface area contributed by atoms with Crippen LogP contribution in [0.4, 0.5) is 18.0 Å². The van der Waals surface area contributed by atoms with Gasteiger partial charge in [0.1, 0.15) is 11.4 Å². The smallest absolute Gasteiger partial charge is 0.410 e. The van der Waals surface area contributed by atoms with Gasteiger partial charge in [-0.25, -0.2) is 18.0 Å². The minimum absolute atomic E-state index is 0.159. The van der Waals surface area contributed by atoms with E-state index in [1.54, 1.807) is 15.9 Å². The SMILES string of the molecule is C[C@@H]1Cc2c([nH]c3ccccc23)[C@@H](c2sc(CC3CN(C(=O)OC(C)(C)C)C3)cc2F)N1CC(F)(F)CO[Si](c1ccccc1)(c1ccccc1)C(C)(C)C. The number of hydrogen-bond donors (Lipinski definition) is 1. The van der Waals surface area contributed by atoms with Crippen LogP contribution in [0.5, 0.6) is 0 Å². The number of thiophene rings is 1. The van der Waals surface area contributed by atoms with Crippen molar-refractivity contribution >= 4 is 47.0 Å². The van der Waals surface area contributed by atoms with Crippen molar-refractivity contribution in [2.45, 2.75) is 90.0 Å². The van der Waals surface area contributed by atoms with E-state index in [9.17, 15) is 4.79 Å². The Kier molecular flexibility index (Phi) is 10.6. The molecule has 5 aromatic rings. The molecule has 1 amide bonds. The Morgan fingerprint density at radius 2 is 1.51 bits per heavy atom. The number of fused-ring (bicyclic) bond motifs is 3. The predicted molar refractivity (Wildman–Crippen MR) is 218 cm³/mol. The van der Waals surface area contributed by atoms with Gasteiger partial charge in [0.15, 0.2) is 0 Å². The lowest BCUT2D eigenvalue weighted by atomic mass is 9.91. The van der Waals surface area contributed by atoms with Gasteiger partial charge in [0, 0.05) is 40.6 Å². The molecule has 7 rings (SSSR count). The molecule has 2 aliphatic heterocycles. The average molecular weight is 788 g/mol. The van der Waals surface area contributed by atoms with Gasteiger partial charge >= 0.3 is 6.09 Å². The van der Waals surface area contributed by atoms with Crippen LogP contribution in [0.3, 0.4) is 0 Å². The molecule has 292 valence electrons. The maximum absolute atomic E-state index is 16.8. The van der Waals surface area contributed by atoms with Crippen LogP contribution in [0.25, 0.3) is 10.9 Å². The fourth-order valence-corrected chi connectivity index (χ4v) is 14.4. The molecule has 0 unspecified atom stereocenters. The van der Waals surface area contributed by atoms with E-state index in [0.29, 0.717) is 30.8 Å². The molecular formula is C44H52F3N3O3SSi. The number of alkyl halides is 2. The second-order valence-electron chi connectivity index (χ2n) is 17.4. The lowest BCUT2D eigenvalue weighted by Gasteiger charge is -2.45. The molecule has 4 heterocycles. The number of aromatic amines is 1. The molecule has 2 aliphatic rings. The van der Waals surface area contributed by atoms with Gasteiger partial charge in [-0.3, -0.25) is 4.90 Å². The van der Waals surface area contributed by atoms with Crippen molar-refractivity contribution < 1.29 is 27.1 Å². The zero-order valence-corrected chi connectivity index (χ0v) is 34.6. The summed E-state index contributed by atoms with van der Waals surface area (Å²) < 4.78 is 62.3. The largest absolute Gasteiger partial charge is 0.444 e. The zero-order chi connectivity index (χ0) is 39.3. The van der Waals surface area contributed by atoms with Crippen LogP contribution in [0.15, 0.2) is 91.0 Å². The number of amides is 1. The normalized spacial score (nSPS) is 18.7. The molecule has 0 radical (unpaired) electrons. The molecule has 0 bridgehead atoms. The number of benzene rings is 3. The predicted octanol–water partition coefficient (Wildman–Crippen LogP) is 9.33. The van der Waals surface area contributed by atoms with Crippen LogP contribution in [0.1, 0.15) is 75.5 Å². The first kappa shape index (κ1) is 39.3. The van der Waals surface area contributed by atoms with E-state index in [2.05, 4.69) is 25.8 Å². The number of likely N-dealkylation sites (tertiary alicyclic amines) is 1. The fourth-order valence-electron chi connectivity index (χ4n) is 8.50. The maximum Gasteiger partial charge on any atom is 0.410 e. The summed E-state index contributed by atoms with van der Waals surface area (Å²) in [5, 5.41) is 2.44. The Morgan fingerprint density at radius 3 is 2.11 bits per heavy atom. The number of carbonyl (C=O) groups is 1. The third-order valence-electron chi connectivity index (χ3n) is 11.0. The third-order valence-corrected chi connectivity index (χ3v) is 17.1. The van der Waals surface area contributed by atoms with Crippen molar-refractivity contribution in [2.75, 3.05) is 26.2 Å². The van der Waals surface area contributed by atoms with Crippen LogP contribution in [-0.2, 0) is 22.0 Å². The Labute approximate surface area is 327 Å². The molecule has 1 fully saturated rings. The van der Waals surface area contributed by atoms with E-state index in [4.69, 9.17) is 9.16 Å². The van der Waals surface area contributed by atoms with Crippen LogP contribution in [0.2, 0.25) is 5.04 Å². The molecule has 55 heavy (non-hydrogen) atoms. The number of H-pyrrole nitrogens is 1. The van der Waals surface area contributed by atoms with Crippen molar-refractivity contribution in [1.29, 1.82) is 0 Å². The van der Waals surface area contributed by atoms with Gasteiger partial charge < -0.3 is 19.0 Å². The van der Waals surface area contributed by atoms with Crippen molar-refractivity contribution in [3.63, 3.8) is 0 Å². The van der Waals surface area contributed by atoms with E-state index in [1.807, 2.05) is 113 Å². The molecule has 1 N–H and O–H groups in total. The summed E-state index contributed by atoms with van der Waals surface area (Å²) in [6.07, 6.45) is 0.787. The van der Waals surface area contributed by atoms with Crippen molar-refractivity contribution in [3.05, 3.63) is 118 Å². The number of nitrogens with zero attached hydrogens (tertiary/aromatic N) is 2. The Morgan fingerprint density at radius 1 is 0.909 bits per heavy atom. The van der Waals surface area contributed by atoms with Gasteiger partial charge in [-0.05, 0) is 79.6 Å². The average Bonchev–Trinajstić information content (AvgIpc) is 3.65. The summed E-state index contributed by atoms with van der Waals surface area (Å²) in [6, 6.07) is 28.1. The van der Waals surface area contributed by atoms with Gasteiger partial charge in [0.2, 0.25) is 0 Å². The number of carbonyl (C=O) groups excluding carboxylic acids is 1.